The number of aliphatic hydroxyl groups is 1. The number of carbonyl (C=O) groups is 1. The van der Waals surface area contributed by atoms with E-state index in [1.807, 2.05) is 24.5 Å². The van der Waals surface area contributed by atoms with Crippen molar-refractivity contribution in [3.8, 4) is 0 Å². The highest BCUT2D eigenvalue weighted by Gasteiger charge is 2.14. The van der Waals surface area contributed by atoms with Crippen LogP contribution in [0.4, 0.5) is 0 Å². The van der Waals surface area contributed by atoms with Gasteiger partial charge in [0.25, 0.3) is 5.91 Å². The number of hydrogen-bond donors (Lipinski definition) is 2. The molecule has 1 aromatic rings. The van der Waals surface area contributed by atoms with E-state index >= 15 is 0 Å². The van der Waals surface area contributed by atoms with E-state index in [9.17, 15) is 4.79 Å². The summed E-state index contributed by atoms with van der Waals surface area (Å²) in [6.45, 7) is 0.0848. The van der Waals surface area contributed by atoms with Gasteiger partial charge in [-0.15, -0.1) is 0 Å². The molecule has 0 heterocycles. The van der Waals surface area contributed by atoms with Crippen LogP contribution < -0.4 is 5.32 Å². The molecule has 17 heavy (non-hydrogen) atoms. The maximum atomic E-state index is 12.0. The van der Waals surface area contributed by atoms with Gasteiger partial charge >= 0.3 is 0 Å². The predicted molar refractivity (Wildman–Crippen MR) is 75.5 cm³/mol. The van der Waals surface area contributed by atoms with Crippen molar-refractivity contribution >= 4 is 33.6 Å². The van der Waals surface area contributed by atoms with Crippen LogP contribution in [0.1, 0.15) is 16.8 Å². The standard InChI is InChI=1S/C12H16BrNO2S/c1-17-8-9(6-7-15)14-12(16)10-4-2-3-5-11(10)13/h2-5,9,15H,6-8H2,1H3,(H,14,16). The summed E-state index contributed by atoms with van der Waals surface area (Å²) >= 11 is 5.00. The molecular formula is C12H16BrNO2S. The number of thioether (sulfide) groups is 1. The van der Waals surface area contributed by atoms with Crippen LogP contribution in [-0.4, -0.2) is 35.7 Å². The van der Waals surface area contributed by atoms with E-state index in [1.54, 1.807) is 17.8 Å². The summed E-state index contributed by atoms with van der Waals surface area (Å²) in [6.07, 6.45) is 2.56. The van der Waals surface area contributed by atoms with Gasteiger partial charge < -0.3 is 10.4 Å². The fourth-order valence-electron chi connectivity index (χ4n) is 1.46. The lowest BCUT2D eigenvalue weighted by molar-refractivity contribution is 0.0934. The van der Waals surface area contributed by atoms with Crippen LogP contribution in [0.3, 0.4) is 0 Å². The molecule has 2 N–H and O–H groups in total. The molecule has 0 radical (unpaired) electrons. The Bertz CT molecular complexity index is 367. The van der Waals surface area contributed by atoms with Gasteiger partial charge in [-0.25, -0.2) is 0 Å². The minimum Gasteiger partial charge on any atom is -0.396 e. The number of hydrogen-bond acceptors (Lipinski definition) is 3. The first-order valence-corrected chi connectivity index (χ1v) is 7.53. The van der Waals surface area contributed by atoms with E-state index in [0.717, 1.165) is 10.2 Å². The SMILES string of the molecule is CSCC(CCO)NC(=O)c1ccccc1Br. The third-order valence-corrected chi connectivity index (χ3v) is 3.73. The number of aliphatic hydroxyl groups excluding tert-OH is 1. The molecule has 0 fully saturated rings. The van der Waals surface area contributed by atoms with E-state index in [1.165, 1.54) is 0 Å². The quantitative estimate of drug-likeness (QED) is 0.846. The molecule has 0 aliphatic carbocycles. The Morgan fingerprint density at radius 2 is 2.24 bits per heavy atom. The zero-order chi connectivity index (χ0) is 12.7. The molecule has 1 unspecified atom stereocenters. The average molecular weight is 318 g/mol. The van der Waals surface area contributed by atoms with Gasteiger partial charge in [0.05, 0.1) is 5.56 Å². The van der Waals surface area contributed by atoms with Gasteiger partial charge in [-0.05, 0) is 40.7 Å². The molecule has 0 saturated heterocycles. The number of halogens is 1. The number of nitrogens with one attached hydrogen (secondary N) is 1. The zero-order valence-electron chi connectivity index (χ0n) is 9.65. The summed E-state index contributed by atoms with van der Waals surface area (Å²) in [7, 11) is 0. The lowest BCUT2D eigenvalue weighted by Crippen LogP contribution is -2.37. The molecule has 0 bridgehead atoms. The molecule has 1 atom stereocenters. The third kappa shape index (κ3) is 4.69. The molecule has 0 aromatic heterocycles. The second-order valence-electron chi connectivity index (χ2n) is 3.62. The number of rotatable bonds is 6. The monoisotopic (exact) mass is 317 g/mol. The maximum absolute atomic E-state index is 12.0. The second-order valence-corrected chi connectivity index (χ2v) is 5.38. The van der Waals surface area contributed by atoms with Gasteiger partial charge in [0.15, 0.2) is 0 Å². The summed E-state index contributed by atoms with van der Waals surface area (Å²) in [6, 6.07) is 7.32. The zero-order valence-corrected chi connectivity index (χ0v) is 12.1. The number of amides is 1. The van der Waals surface area contributed by atoms with E-state index in [2.05, 4.69) is 21.2 Å². The molecule has 5 heteroatoms. The van der Waals surface area contributed by atoms with Crippen LogP contribution in [0.2, 0.25) is 0 Å². The lowest BCUT2D eigenvalue weighted by atomic mass is 10.2. The first-order valence-electron chi connectivity index (χ1n) is 5.34. The van der Waals surface area contributed by atoms with Crippen LogP contribution in [0.25, 0.3) is 0 Å². The van der Waals surface area contributed by atoms with Crippen molar-refractivity contribution in [2.75, 3.05) is 18.6 Å². The average Bonchev–Trinajstić information content (AvgIpc) is 2.30. The largest absolute Gasteiger partial charge is 0.396 e. The highest BCUT2D eigenvalue weighted by molar-refractivity contribution is 9.10. The van der Waals surface area contributed by atoms with Gasteiger partial charge in [0.1, 0.15) is 0 Å². The molecular weight excluding hydrogens is 302 g/mol. The Labute approximate surface area is 114 Å². The van der Waals surface area contributed by atoms with Crippen molar-refractivity contribution in [3.63, 3.8) is 0 Å². The van der Waals surface area contributed by atoms with Crippen LogP contribution in [0.15, 0.2) is 28.7 Å². The van der Waals surface area contributed by atoms with Crippen LogP contribution in [0, 0.1) is 0 Å². The minimum atomic E-state index is -0.107. The summed E-state index contributed by atoms with van der Waals surface area (Å²) in [4.78, 5) is 12.0. The minimum absolute atomic E-state index is 0.00889. The molecule has 0 saturated carbocycles. The van der Waals surface area contributed by atoms with Gasteiger partial charge in [-0.2, -0.15) is 11.8 Å². The normalized spacial score (nSPS) is 12.2. The molecule has 1 aromatic carbocycles. The summed E-state index contributed by atoms with van der Waals surface area (Å²) in [5.41, 5.74) is 0.622. The Morgan fingerprint density at radius 3 is 2.82 bits per heavy atom. The van der Waals surface area contributed by atoms with Crippen molar-refractivity contribution < 1.29 is 9.90 Å². The second kappa shape index (κ2) is 7.74. The molecule has 0 spiro atoms. The van der Waals surface area contributed by atoms with Crippen LogP contribution >= 0.6 is 27.7 Å². The topological polar surface area (TPSA) is 49.3 Å². The van der Waals surface area contributed by atoms with E-state index < -0.39 is 0 Å². The fourth-order valence-corrected chi connectivity index (χ4v) is 2.58. The van der Waals surface area contributed by atoms with Crippen LogP contribution in [0.5, 0.6) is 0 Å². The van der Waals surface area contributed by atoms with Crippen molar-refractivity contribution in [1.29, 1.82) is 0 Å². The summed E-state index contributed by atoms with van der Waals surface area (Å²) in [5.74, 6) is 0.696. The molecule has 0 aliphatic heterocycles. The summed E-state index contributed by atoms with van der Waals surface area (Å²) < 4.78 is 0.782. The Hall–Kier alpha value is -0.520. The lowest BCUT2D eigenvalue weighted by Gasteiger charge is -2.17. The maximum Gasteiger partial charge on any atom is 0.252 e. The molecule has 3 nitrogen and oxygen atoms in total. The van der Waals surface area contributed by atoms with E-state index in [4.69, 9.17) is 5.11 Å². The molecule has 1 rings (SSSR count). The first kappa shape index (κ1) is 14.5. The van der Waals surface area contributed by atoms with Crippen molar-refractivity contribution in [1.82, 2.24) is 5.32 Å². The van der Waals surface area contributed by atoms with Gasteiger partial charge in [0.2, 0.25) is 0 Å². The molecule has 1 amide bonds. The number of benzene rings is 1. The van der Waals surface area contributed by atoms with Crippen molar-refractivity contribution in [2.45, 2.75) is 12.5 Å². The Balaban J connectivity index is 2.67. The highest BCUT2D eigenvalue weighted by atomic mass is 79.9. The first-order chi connectivity index (χ1) is 8.19. The number of carbonyl (C=O) groups excluding carboxylic acids is 1. The van der Waals surface area contributed by atoms with Gasteiger partial charge in [-0.3, -0.25) is 4.79 Å². The van der Waals surface area contributed by atoms with Crippen molar-refractivity contribution in [2.24, 2.45) is 0 Å². The van der Waals surface area contributed by atoms with Crippen LogP contribution in [-0.2, 0) is 0 Å². The van der Waals surface area contributed by atoms with Gasteiger partial charge in [-0.1, -0.05) is 12.1 Å². The Morgan fingerprint density at radius 1 is 1.53 bits per heavy atom. The third-order valence-electron chi connectivity index (χ3n) is 2.30. The fraction of sp³-hybridized carbons (Fsp3) is 0.417. The molecule has 0 aliphatic rings. The smallest absolute Gasteiger partial charge is 0.252 e. The summed E-state index contributed by atoms with van der Waals surface area (Å²) in [5, 5.41) is 11.9. The Kier molecular flexibility index (Phi) is 6.62. The van der Waals surface area contributed by atoms with E-state index in [-0.39, 0.29) is 18.6 Å². The van der Waals surface area contributed by atoms with E-state index in [0.29, 0.717) is 12.0 Å². The predicted octanol–water partition coefficient (Wildman–Crippen LogP) is 2.29. The molecule has 94 valence electrons. The van der Waals surface area contributed by atoms with Crippen molar-refractivity contribution in [3.05, 3.63) is 34.3 Å². The van der Waals surface area contributed by atoms with Gasteiger partial charge in [0, 0.05) is 22.9 Å². The highest BCUT2D eigenvalue weighted by Crippen LogP contribution is 2.16.